The summed E-state index contributed by atoms with van der Waals surface area (Å²) in [6.07, 6.45) is 6.00. The molecule has 0 saturated carbocycles. The third-order valence-electron chi connectivity index (χ3n) is 5.94. The molecule has 1 aromatic carbocycles. The van der Waals surface area contributed by atoms with Crippen LogP contribution in [0.3, 0.4) is 0 Å². The van der Waals surface area contributed by atoms with Crippen LogP contribution in [0.25, 0.3) is 0 Å². The first-order chi connectivity index (χ1) is 14.5. The van der Waals surface area contributed by atoms with Gasteiger partial charge >= 0.3 is 6.03 Å². The van der Waals surface area contributed by atoms with E-state index < -0.39 is 0 Å². The second-order valence-electron chi connectivity index (χ2n) is 8.44. The van der Waals surface area contributed by atoms with Crippen molar-refractivity contribution in [2.45, 2.75) is 52.6 Å². The van der Waals surface area contributed by atoms with E-state index in [2.05, 4.69) is 39.2 Å². The Hall–Kier alpha value is -2.83. The van der Waals surface area contributed by atoms with Crippen LogP contribution >= 0.6 is 0 Å². The van der Waals surface area contributed by atoms with Gasteiger partial charge in [0.15, 0.2) is 0 Å². The lowest BCUT2D eigenvalue weighted by molar-refractivity contribution is 0.189. The molecule has 1 N–H and O–H groups in total. The Balaban J connectivity index is 1.35. The second kappa shape index (κ2) is 8.90. The number of hydrogen-bond donors (Lipinski definition) is 1. The third kappa shape index (κ3) is 4.66. The predicted molar refractivity (Wildman–Crippen MR) is 118 cm³/mol. The van der Waals surface area contributed by atoms with Crippen LogP contribution in [0, 0.1) is 20.8 Å². The van der Waals surface area contributed by atoms with Crippen LogP contribution in [0.15, 0.2) is 24.5 Å². The minimum Gasteiger partial charge on any atom is -0.472 e. The standard InChI is InChI=1S/C23H31N5O2/c1-16-11-17(2)22(18(3)12-16)26-23(29)28-10-7-19(14-28)30-21-13-20(24-15-25-21)27-8-5-4-6-9-27/h11-13,15,19H,4-10,14H2,1-3H3,(H,26,29). The Morgan fingerprint density at radius 2 is 1.77 bits per heavy atom. The molecule has 0 aliphatic carbocycles. The maximum absolute atomic E-state index is 12.8. The lowest BCUT2D eigenvalue weighted by atomic mass is 10.1. The van der Waals surface area contributed by atoms with Crippen LogP contribution < -0.4 is 15.0 Å². The highest BCUT2D eigenvalue weighted by Gasteiger charge is 2.28. The normalized spacial score (nSPS) is 19.1. The van der Waals surface area contributed by atoms with Gasteiger partial charge in [0.2, 0.25) is 5.88 Å². The molecule has 1 aromatic heterocycles. The minimum atomic E-state index is -0.0761. The fraction of sp³-hybridized carbons (Fsp3) is 0.522. The van der Waals surface area contributed by atoms with Crippen molar-refractivity contribution in [2.24, 2.45) is 0 Å². The predicted octanol–water partition coefficient (Wildman–Crippen LogP) is 4.08. The summed E-state index contributed by atoms with van der Waals surface area (Å²) in [5.41, 5.74) is 4.27. The SMILES string of the molecule is Cc1cc(C)c(NC(=O)N2CCC(Oc3cc(N4CCCCC4)ncn3)C2)c(C)c1. The monoisotopic (exact) mass is 409 g/mol. The van der Waals surface area contributed by atoms with Crippen molar-refractivity contribution in [3.05, 3.63) is 41.2 Å². The molecule has 3 heterocycles. The quantitative estimate of drug-likeness (QED) is 0.824. The number of aromatic nitrogens is 2. The van der Waals surface area contributed by atoms with Gasteiger partial charge < -0.3 is 19.9 Å². The highest BCUT2D eigenvalue weighted by Crippen LogP contribution is 2.25. The van der Waals surface area contributed by atoms with Crippen LogP contribution in [0.1, 0.15) is 42.4 Å². The van der Waals surface area contributed by atoms with Gasteiger partial charge in [0.25, 0.3) is 0 Å². The Bertz CT molecular complexity index is 887. The molecule has 1 unspecified atom stereocenters. The number of benzene rings is 1. The summed E-state index contributed by atoms with van der Waals surface area (Å²) >= 11 is 0. The Morgan fingerprint density at radius 1 is 1.03 bits per heavy atom. The number of nitrogens with zero attached hydrogens (tertiary/aromatic N) is 4. The van der Waals surface area contributed by atoms with Gasteiger partial charge in [0.1, 0.15) is 18.2 Å². The third-order valence-corrected chi connectivity index (χ3v) is 5.94. The Kier molecular flexibility index (Phi) is 6.06. The average Bonchev–Trinajstić information content (AvgIpc) is 3.20. The molecule has 0 bridgehead atoms. The van der Waals surface area contributed by atoms with E-state index in [9.17, 15) is 4.79 Å². The molecule has 1 atom stereocenters. The van der Waals surface area contributed by atoms with Crippen LogP contribution in [-0.2, 0) is 0 Å². The maximum Gasteiger partial charge on any atom is 0.321 e. The molecular formula is C23H31N5O2. The number of rotatable bonds is 4. The summed E-state index contributed by atoms with van der Waals surface area (Å²) in [4.78, 5) is 25.6. The number of nitrogens with one attached hydrogen (secondary N) is 1. The van der Waals surface area contributed by atoms with E-state index in [1.807, 2.05) is 24.8 Å². The molecule has 7 nitrogen and oxygen atoms in total. The fourth-order valence-electron chi connectivity index (χ4n) is 4.43. The molecule has 2 aliphatic heterocycles. The van der Waals surface area contributed by atoms with E-state index in [0.29, 0.717) is 19.0 Å². The van der Waals surface area contributed by atoms with Crippen molar-refractivity contribution in [2.75, 3.05) is 36.4 Å². The summed E-state index contributed by atoms with van der Waals surface area (Å²) in [6, 6.07) is 6.03. The highest BCUT2D eigenvalue weighted by atomic mass is 16.5. The average molecular weight is 410 g/mol. The zero-order valence-corrected chi connectivity index (χ0v) is 18.1. The number of carbonyl (C=O) groups is 1. The molecule has 2 fully saturated rings. The fourth-order valence-corrected chi connectivity index (χ4v) is 4.43. The number of ether oxygens (including phenoxy) is 1. The second-order valence-corrected chi connectivity index (χ2v) is 8.44. The van der Waals surface area contributed by atoms with Gasteiger partial charge in [-0.05, 0) is 51.2 Å². The summed E-state index contributed by atoms with van der Waals surface area (Å²) < 4.78 is 6.10. The number of piperidine rings is 1. The van der Waals surface area contributed by atoms with E-state index in [0.717, 1.165) is 42.1 Å². The zero-order chi connectivity index (χ0) is 21.1. The van der Waals surface area contributed by atoms with Crippen LogP contribution in [0.5, 0.6) is 5.88 Å². The first-order valence-corrected chi connectivity index (χ1v) is 10.9. The Morgan fingerprint density at radius 3 is 2.50 bits per heavy atom. The number of hydrogen-bond acceptors (Lipinski definition) is 5. The topological polar surface area (TPSA) is 70.6 Å². The summed E-state index contributed by atoms with van der Waals surface area (Å²) in [5, 5.41) is 3.08. The van der Waals surface area contributed by atoms with Crippen LogP contribution in [-0.4, -0.2) is 53.2 Å². The van der Waals surface area contributed by atoms with Gasteiger partial charge in [-0.1, -0.05) is 17.7 Å². The van der Waals surface area contributed by atoms with Crippen LogP contribution in [0.2, 0.25) is 0 Å². The van der Waals surface area contributed by atoms with Crippen molar-refractivity contribution in [3.63, 3.8) is 0 Å². The number of aryl methyl sites for hydroxylation is 3. The van der Waals surface area contributed by atoms with E-state index in [4.69, 9.17) is 4.74 Å². The van der Waals surface area contributed by atoms with Crippen molar-refractivity contribution < 1.29 is 9.53 Å². The van der Waals surface area contributed by atoms with Gasteiger partial charge in [-0.2, -0.15) is 0 Å². The number of anilines is 2. The first-order valence-electron chi connectivity index (χ1n) is 10.9. The molecule has 160 valence electrons. The molecule has 30 heavy (non-hydrogen) atoms. The molecule has 2 aliphatic rings. The van der Waals surface area contributed by atoms with Crippen molar-refractivity contribution >= 4 is 17.5 Å². The largest absolute Gasteiger partial charge is 0.472 e. The highest BCUT2D eigenvalue weighted by molar-refractivity contribution is 5.91. The lowest BCUT2D eigenvalue weighted by Crippen LogP contribution is -2.35. The summed E-state index contributed by atoms with van der Waals surface area (Å²) in [5.74, 6) is 1.51. The molecule has 0 spiro atoms. The molecule has 2 amide bonds. The minimum absolute atomic E-state index is 0.0555. The van der Waals surface area contributed by atoms with E-state index >= 15 is 0 Å². The summed E-state index contributed by atoms with van der Waals surface area (Å²) in [6.45, 7) is 9.42. The van der Waals surface area contributed by atoms with Gasteiger partial charge in [0.05, 0.1) is 6.54 Å². The molecule has 2 aromatic rings. The van der Waals surface area contributed by atoms with Gasteiger partial charge in [-0.15, -0.1) is 0 Å². The summed E-state index contributed by atoms with van der Waals surface area (Å²) in [7, 11) is 0. The molecular weight excluding hydrogens is 378 g/mol. The van der Waals surface area contributed by atoms with Gasteiger partial charge in [0, 0.05) is 37.8 Å². The molecule has 0 radical (unpaired) electrons. The maximum atomic E-state index is 12.8. The van der Waals surface area contributed by atoms with E-state index in [-0.39, 0.29) is 12.1 Å². The van der Waals surface area contributed by atoms with Crippen molar-refractivity contribution in [1.29, 1.82) is 0 Å². The van der Waals surface area contributed by atoms with E-state index in [1.165, 1.54) is 24.8 Å². The number of amides is 2. The Labute approximate surface area is 178 Å². The molecule has 2 saturated heterocycles. The first kappa shape index (κ1) is 20.4. The number of carbonyl (C=O) groups excluding carboxylic acids is 1. The number of likely N-dealkylation sites (tertiary alicyclic amines) is 1. The van der Waals surface area contributed by atoms with Gasteiger partial charge in [-0.25, -0.2) is 14.8 Å². The smallest absolute Gasteiger partial charge is 0.321 e. The van der Waals surface area contributed by atoms with Gasteiger partial charge in [-0.3, -0.25) is 0 Å². The molecule has 4 rings (SSSR count). The van der Waals surface area contributed by atoms with E-state index in [1.54, 1.807) is 6.33 Å². The van der Waals surface area contributed by atoms with Crippen LogP contribution in [0.4, 0.5) is 16.3 Å². The number of urea groups is 1. The zero-order valence-electron chi connectivity index (χ0n) is 18.1. The van der Waals surface area contributed by atoms with Crippen molar-refractivity contribution in [1.82, 2.24) is 14.9 Å². The molecule has 7 heteroatoms. The lowest BCUT2D eigenvalue weighted by Gasteiger charge is -2.27. The van der Waals surface area contributed by atoms with Crippen molar-refractivity contribution in [3.8, 4) is 5.88 Å².